The van der Waals surface area contributed by atoms with E-state index >= 15 is 0 Å². The molecule has 0 fully saturated rings. The van der Waals surface area contributed by atoms with Crippen molar-refractivity contribution in [2.24, 2.45) is 0 Å². The van der Waals surface area contributed by atoms with Crippen molar-refractivity contribution in [3.63, 3.8) is 0 Å². The number of rotatable bonds is 4. The third kappa shape index (κ3) is 4.06. The zero-order valence-corrected chi connectivity index (χ0v) is 13.3. The second-order valence-electron chi connectivity index (χ2n) is 6.09. The standard InChI is InChI=1S/C17H19N3O3/c1-17(2,3)19(14-9-11-15(12-10-14)20(22)23)18-16(21)13-7-5-4-6-8-13/h4-12H,1-3H3,(H,18,21). The van der Waals surface area contributed by atoms with Gasteiger partial charge in [-0.25, -0.2) is 0 Å². The lowest BCUT2D eigenvalue weighted by Gasteiger charge is -2.37. The highest BCUT2D eigenvalue weighted by atomic mass is 16.6. The molecule has 0 radical (unpaired) electrons. The molecule has 2 aromatic rings. The first-order chi connectivity index (χ1) is 10.8. The lowest BCUT2D eigenvalue weighted by Crippen LogP contribution is -2.53. The summed E-state index contributed by atoms with van der Waals surface area (Å²) in [5.74, 6) is -0.237. The Labute approximate surface area is 134 Å². The molecule has 0 aliphatic heterocycles. The molecule has 0 heterocycles. The number of benzene rings is 2. The van der Waals surface area contributed by atoms with Gasteiger partial charge in [0.1, 0.15) is 0 Å². The van der Waals surface area contributed by atoms with Gasteiger partial charge >= 0.3 is 0 Å². The highest BCUT2D eigenvalue weighted by Crippen LogP contribution is 2.24. The molecule has 0 bridgehead atoms. The third-order valence-electron chi connectivity index (χ3n) is 3.24. The average molecular weight is 313 g/mol. The minimum Gasteiger partial charge on any atom is -0.280 e. The van der Waals surface area contributed by atoms with Gasteiger partial charge in [0.15, 0.2) is 0 Å². The molecule has 0 saturated carbocycles. The molecule has 1 amide bonds. The quantitative estimate of drug-likeness (QED) is 0.692. The fraction of sp³-hybridized carbons (Fsp3) is 0.235. The van der Waals surface area contributed by atoms with Crippen LogP contribution < -0.4 is 10.4 Å². The monoisotopic (exact) mass is 313 g/mol. The van der Waals surface area contributed by atoms with Crippen molar-refractivity contribution in [2.75, 3.05) is 5.01 Å². The maximum atomic E-state index is 12.4. The van der Waals surface area contributed by atoms with Gasteiger partial charge in [-0.05, 0) is 45.0 Å². The molecule has 0 aliphatic rings. The van der Waals surface area contributed by atoms with Gasteiger partial charge < -0.3 is 0 Å². The Morgan fingerprint density at radius 3 is 2.09 bits per heavy atom. The summed E-state index contributed by atoms with van der Waals surface area (Å²) in [6.07, 6.45) is 0. The van der Waals surface area contributed by atoms with Gasteiger partial charge in [-0.2, -0.15) is 0 Å². The van der Waals surface area contributed by atoms with Crippen molar-refractivity contribution < 1.29 is 9.72 Å². The van der Waals surface area contributed by atoms with Gasteiger partial charge in [0.25, 0.3) is 11.6 Å². The molecule has 0 atom stereocenters. The molecular weight excluding hydrogens is 294 g/mol. The lowest BCUT2D eigenvalue weighted by molar-refractivity contribution is -0.384. The zero-order chi connectivity index (χ0) is 17.0. The van der Waals surface area contributed by atoms with Gasteiger partial charge in [0.05, 0.1) is 16.1 Å². The maximum Gasteiger partial charge on any atom is 0.269 e. The van der Waals surface area contributed by atoms with Crippen molar-refractivity contribution in [1.82, 2.24) is 5.43 Å². The summed E-state index contributed by atoms with van der Waals surface area (Å²) in [7, 11) is 0. The Bertz CT molecular complexity index is 691. The Morgan fingerprint density at radius 2 is 1.61 bits per heavy atom. The highest BCUT2D eigenvalue weighted by Gasteiger charge is 2.24. The molecule has 120 valence electrons. The fourth-order valence-electron chi connectivity index (χ4n) is 2.10. The summed E-state index contributed by atoms with van der Waals surface area (Å²) in [4.78, 5) is 22.7. The fourth-order valence-corrected chi connectivity index (χ4v) is 2.10. The van der Waals surface area contributed by atoms with E-state index in [1.165, 1.54) is 12.1 Å². The summed E-state index contributed by atoms with van der Waals surface area (Å²) < 4.78 is 0. The predicted octanol–water partition coefficient (Wildman–Crippen LogP) is 3.54. The molecule has 6 heteroatoms. The van der Waals surface area contributed by atoms with E-state index in [1.54, 1.807) is 41.4 Å². The number of carbonyl (C=O) groups is 1. The lowest BCUT2D eigenvalue weighted by atomic mass is 10.1. The number of hydrogen-bond acceptors (Lipinski definition) is 4. The first kappa shape index (κ1) is 16.5. The van der Waals surface area contributed by atoms with E-state index in [9.17, 15) is 14.9 Å². The van der Waals surface area contributed by atoms with E-state index in [4.69, 9.17) is 0 Å². The summed E-state index contributed by atoms with van der Waals surface area (Å²) in [5.41, 5.74) is 3.69. The van der Waals surface area contributed by atoms with Crippen molar-refractivity contribution in [3.8, 4) is 0 Å². The summed E-state index contributed by atoms with van der Waals surface area (Å²) in [6.45, 7) is 5.83. The van der Waals surface area contributed by atoms with Crippen LogP contribution in [0.25, 0.3) is 0 Å². The minimum atomic E-state index is -0.451. The minimum absolute atomic E-state index is 0.0111. The van der Waals surface area contributed by atoms with Crippen LogP contribution in [-0.4, -0.2) is 16.4 Å². The molecule has 0 aromatic heterocycles. The number of amides is 1. The van der Waals surface area contributed by atoms with Crippen LogP contribution in [0.1, 0.15) is 31.1 Å². The largest absolute Gasteiger partial charge is 0.280 e. The van der Waals surface area contributed by atoms with Crippen molar-refractivity contribution in [3.05, 3.63) is 70.3 Å². The highest BCUT2D eigenvalue weighted by molar-refractivity contribution is 5.95. The molecule has 0 spiro atoms. The van der Waals surface area contributed by atoms with E-state index < -0.39 is 10.5 Å². The van der Waals surface area contributed by atoms with Crippen LogP contribution in [0.2, 0.25) is 0 Å². The number of carbonyl (C=O) groups excluding carboxylic acids is 1. The number of nitrogens with zero attached hydrogens (tertiary/aromatic N) is 2. The van der Waals surface area contributed by atoms with Crippen LogP contribution in [0.3, 0.4) is 0 Å². The van der Waals surface area contributed by atoms with E-state index in [-0.39, 0.29) is 11.6 Å². The zero-order valence-electron chi connectivity index (χ0n) is 13.3. The summed E-state index contributed by atoms with van der Waals surface area (Å²) >= 11 is 0. The van der Waals surface area contributed by atoms with Crippen LogP contribution in [0.5, 0.6) is 0 Å². The van der Waals surface area contributed by atoms with E-state index in [0.29, 0.717) is 11.3 Å². The first-order valence-corrected chi connectivity index (χ1v) is 7.20. The average Bonchev–Trinajstić information content (AvgIpc) is 2.52. The van der Waals surface area contributed by atoms with Crippen molar-refractivity contribution >= 4 is 17.3 Å². The summed E-state index contributed by atoms with van der Waals surface area (Å²) in [6, 6.07) is 15.0. The van der Waals surface area contributed by atoms with E-state index in [1.807, 2.05) is 26.8 Å². The molecule has 1 N–H and O–H groups in total. The van der Waals surface area contributed by atoms with Gasteiger partial charge in [0, 0.05) is 17.7 Å². The summed E-state index contributed by atoms with van der Waals surface area (Å²) in [5, 5.41) is 12.5. The van der Waals surface area contributed by atoms with E-state index in [0.717, 1.165) is 0 Å². The molecule has 0 aliphatic carbocycles. The number of nitro benzene ring substituents is 1. The van der Waals surface area contributed by atoms with Crippen LogP contribution in [-0.2, 0) is 0 Å². The van der Waals surface area contributed by atoms with Gasteiger partial charge in [0.2, 0.25) is 0 Å². The first-order valence-electron chi connectivity index (χ1n) is 7.20. The van der Waals surface area contributed by atoms with Crippen LogP contribution in [0, 0.1) is 10.1 Å². The molecule has 2 rings (SSSR count). The second kappa shape index (κ2) is 6.48. The van der Waals surface area contributed by atoms with Crippen LogP contribution in [0.4, 0.5) is 11.4 Å². The predicted molar refractivity (Wildman–Crippen MR) is 89.2 cm³/mol. The number of hydrazine groups is 1. The molecule has 0 unspecified atom stereocenters. The maximum absolute atomic E-state index is 12.4. The number of non-ortho nitro benzene ring substituents is 1. The molecule has 2 aromatic carbocycles. The van der Waals surface area contributed by atoms with Gasteiger partial charge in [-0.1, -0.05) is 18.2 Å². The normalized spacial score (nSPS) is 10.9. The smallest absolute Gasteiger partial charge is 0.269 e. The van der Waals surface area contributed by atoms with Gasteiger partial charge in [-0.15, -0.1) is 0 Å². The van der Waals surface area contributed by atoms with Crippen molar-refractivity contribution in [1.29, 1.82) is 0 Å². The number of hydrogen-bond donors (Lipinski definition) is 1. The van der Waals surface area contributed by atoms with E-state index in [2.05, 4.69) is 5.43 Å². The Morgan fingerprint density at radius 1 is 1.04 bits per heavy atom. The van der Waals surface area contributed by atoms with Crippen molar-refractivity contribution in [2.45, 2.75) is 26.3 Å². The van der Waals surface area contributed by atoms with Crippen LogP contribution >= 0.6 is 0 Å². The Balaban J connectivity index is 2.27. The second-order valence-corrected chi connectivity index (χ2v) is 6.09. The van der Waals surface area contributed by atoms with Crippen LogP contribution in [0.15, 0.2) is 54.6 Å². The number of nitrogens with one attached hydrogen (secondary N) is 1. The Hall–Kier alpha value is -2.89. The topological polar surface area (TPSA) is 75.5 Å². The molecule has 0 saturated heterocycles. The SMILES string of the molecule is CC(C)(C)N(NC(=O)c1ccccc1)c1ccc([N+](=O)[O-])cc1. The number of anilines is 1. The Kier molecular flexibility index (Phi) is 4.64. The van der Waals surface area contributed by atoms with Gasteiger partial charge in [-0.3, -0.25) is 25.3 Å². The molecular formula is C17H19N3O3. The molecule has 6 nitrogen and oxygen atoms in total. The molecule has 23 heavy (non-hydrogen) atoms. The third-order valence-corrected chi connectivity index (χ3v) is 3.24. The number of nitro groups is 1.